The Bertz CT molecular complexity index is 877. The summed E-state index contributed by atoms with van der Waals surface area (Å²) in [6.07, 6.45) is 5.68. The first kappa shape index (κ1) is 15.8. The van der Waals surface area contributed by atoms with E-state index in [-0.39, 0.29) is 16.4 Å². The maximum Gasteiger partial charge on any atom is 0.257 e. The molecule has 3 rings (SSSR count). The number of nitrogens with zero attached hydrogens (tertiary/aromatic N) is 3. The molecule has 2 heterocycles. The fourth-order valence-electron chi connectivity index (χ4n) is 1.88. The van der Waals surface area contributed by atoms with Crippen LogP contribution in [0.4, 0.5) is 10.2 Å². The standard InChI is InChI=1S/C16H10ClFN4O2/c17-11-4-10(16(23)22-15-14(18)2-1-3-21-15)5-12(6-11)24-13-7-19-9-20-8-13/h1-9H,(H,21,22,23). The predicted octanol–water partition coefficient (Wildman–Crippen LogP) is 3.71. The molecule has 0 saturated carbocycles. The van der Waals surface area contributed by atoms with Crippen LogP contribution in [0.3, 0.4) is 0 Å². The van der Waals surface area contributed by atoms with Gasteiger partial charge in [0, 0.05) is 16.8 Å². The van der Waals surface area contributed by atoms with Crippen molar-refractivity contribution < 1.29 is 13.9 Å². The molecule has 24 heavy (non-hydrogen) atoms. The highest BCUT2D eigenvalue weighted by molar-refractivity contribution is 6.31. The van der Waals surface area contributed by atoms with E-state index < -0.39 is 11.7 Å². The SMILES string of the molecule is O=C(Nc1ncccc1F)c1cc(Cl)cc(Oc2cncnc2)c1. The lowest BCUT2D eigenvalue weighted by Gasteiger charge is -2.09. The van der Waals surface area contributed by atoms with E-state index >= 15 is 0 Å². The van der Waals surface area contributed by atoms with Crippen molar-refractivity contribution in [3.05, 3.63) is 71.7 Å². The second-order valence-corrected chi connectivity index (χ2v) is 5.08. The number of halogens is 2. The van der Waals surface area contributed by atoms with Crippen LogP contribution in [0.1, 0.15) is 10.4 Å². The van der Waals surface area contributed by atoms with E-state index in [0.29, 0.717) is 11.5 Å². The molecule has 1 aromatic carbocycles. The first-order valence-corrected chi connectivity index (χ1v) is 7.15. The van der Waals surface area contributed by atoms with E-state index in [1.54, 1.807) is 0 Å². The fourth-order valence-corrected chi connectivity index (χ4v) is 2.11. The molecule has 0 spiro atoms. The highest BCUT2D eigenvalue weighted by atomic mass is 35.5. The molecule has 6 nitrogen and oxygen atoms in total. The largest absolute Gasteiger partial charge is 0.454 e. The Labute approximate surface area is 141 Å². The summed E-state index contributed by atoms with van der Waals surface area (Å²) in [5.41, 5.74) is 0.194. The van der Waals surface area contributed by atoms with Crippen molar-refractivity contribution in [2.45, 2.75) is 0 Å². The minimum atomic E-state index is -0.634. The van der Waals surface area contributed by atoms with E-state index in [9.17, 15) is 9.18 Å². The van der Waals surface area contributed by atoms with Crippen LogP contribution in [0.25, 0.3) is 0 Å². The van der Waals surface area contributed by atoms with E-state index in [1.165, 1.54) is 55.2 Å². The Balaban J connectivity index is 1.83. The van der Waals surface area contributed by atoms with Crippen LogP contribution in [-0.2, 0) is 0 Å². The molecule has 0 aliphatic carbocycles. The normalized spacial score (nSPS) is 10.2. The Morgan fingerprint density at radius 2 is 1.96 bits per heavy atom. The molecule has 3 aromatic rings. The lowest BCUT2D eigenvalue weighted by atomic mass is 10.2. The van der Waals surface area contributed by atoms with Gasteiger partial charge in [-0.25, -0.2) is 19.3 Å². The number of carbonyl (C=O) groups excluding carboxylic acids is 1. The van der Waals surface area contributed by atoms with Crippen LogP contribution in [0.5, 0.6) is 11.5 Å². The quantitative estimate of drug-likeness (QED) is 0.780. The molecule has 0 radical (unpaired) electrons. The van der Waals surface area contributed by atoms with Gasteiger partial charge in [-0.1, -0.05) is 11.6 Å². The molecular weight excluding hydrogens is 335 g/mol. The number of nitrogens with one attached hydrogen (secondary N) is 1. The third kappa shape index (κ3) is 3.82. The average Bonchev–Trinajstić information content (AvgIpc) is 2.57. The van der Waals surface area contributed by atoms with E-state index in [1.807, 2.05) is 0 Å². The molecule has 0 unspecified atom stereocenters. The summed E-state index contributed by atoms with van der Waals surface area (Å²) in [6.45, 7) is 0. The number of aromatic nitrogens is 3. The Morgan fingerprint density at radius 3 is 2.71 bits per heavy atom. The topological polar surface area (TPSA) is 77.0 Å². The second kappa shape index (κ2) is 7.01. The van der Waals surface area contributed by atoms with Gasteiger partial charge in [0.05, 0.1) is 12.4 Å². The van der Waals surface area contributed by atoms with Crippen molar-refractivity contribution in [3.63, 3.8) is 0 Å². The number of carbonyl (C=O) groups is 1. The zero-order valence-electron chi connectivity index (χ0n) is 12.1. The number of ether oxygens (including phenoxy) is 1. The molecule has 0 aliphatic rings. The van der Waals surface area contributed by atoms with Crippen LogP contribution >= 0.6 is 11.6 Å². The summed E-state index contributed by atoms with van der Waals surface area (Å²) in [4.78, 5) is 23.7. The Hall–Kier alpha value is -3.06. The summed E-state index contributed by atoms with van der Waals surface area (Å²) in [5.74, 6) is -0.651. The van der Waals surface area contributed by atoms with Crippen molar-refractivity contribution in [2.24, 2.45) is 0 Å². The zero-order valence-corrected chi connectivity index (χ0v) is 12.9. The van der Waals surface area contributed by atoms with Crippen LogP contribution < -0.4 is 10.1 Å². The highest BCUT2D eigenvalue weighted by Crippen LogP contribution is 2.26. The van der Waals surface area contributed by atoms with E-state index in [0.717, 1.165) is 0 Å². The summed E-state index contributed by atoms with van der Waals surface area (Å²) in [5, 5.41) is 2.67. The minimum absolute atomic E-state index is 0.165. The van der Waals surface area contributed by atoms with Gasteiger partial charge in [0.15, 0.2) is 17.4 Å². The van der Waals surface area contributed by atoms with Gasteiger partial charge in [-0.15, -0.1) is 0 Å². The summed E-state index contributed by atoms with van der Waals surface area (Å²) >= 11 is 6.01. The first-order chi connectivity index (χ1) is 11.6. The van der Waals surface area contributed by atoms with Crippen LogP contribution in [0.15, 0.2) is 55.2 Å². The van der Waals surface area contributed by atoms with Crippen molar-refractivity contribution in [2.75, 3.05) is 5.32 Å². The molecule has 1 N–H and O–H groups in total. The molecule has 8 heteroatoms. The molecular formula is C16H10ClFN4O2. The lowest BCUT2D eigenvalue weighted by Crippen LogP contribution is -2.14. The highest BCUT2D eigenvalue weighted by Gasteiger charge is 2.13. The molecule has 120 valence electrons. The van der Waals surface area contributed by atoms with Gasteiger partial charge >= 0.3 is 0 Å². The van der Waals surface area contributed by atoms with Gasteiger partial charge in [-0.3, -0.25) is 4.79 Å². The first-order valence-electron chi connectivity index (χ1n) is 6.77. The summed E-state index contributed by atoms with van der Waals surface area (Å²) in [7, 11) is 0. The predicted molar refractivity (Wildman–Crippen MR) is 85.7 cm³/mol. The van der Waals surface area contributed by atoms with Gasteiger partial charge in [0.1, 0.15) is 12.1 Å². The van der Waals surface area contributed by atoms with Crippen LogP contribution in [-0.4, -0.2) is 20.9 Å². The third-order valence-corrected chi connectivity index (χ3v) is 3.11. The van der Waals surface area contributed by atoms with Gasteiger partial charge < -0.3 is 10.1 Å². The summed E-state index contributed by atoms with van der Waals surface area (Å²) < 4.78 is 19.1. The Kier molecular flexibility index (Phi) is 4.62. The number of benzene rings is 1. The Morgan fingerprint density at radius 1 is 1.17 bits per heavy atom. The molecule has 2 aromatic heterocycles. The van der Waals surface area contributed by atoms with E-state index in [4.69, 9.17) is 16.3 Å². The number of anilines is 1. The maximum atomic E-state index is 13.6. The smallest absolute Gasteiger partial charge is 0.257 e. The molecule has 0 aliphatic heterocycles. The van der Waals surface area contributed by atoms with E-state index in [2.05, 4.69) is 20.3 Å². The third-order valence-electron chi connectivity index (χ3n) is 2.90. The zero-order chi connectivity index (χ0) is 16.9. The minimum Gasteiger partial charge on any atom is -0.454 e. The molecule has 0 bridgehead atoms. The van der Waals surface area contributed by atoms with Gasteiger partial charge in [-0.05, 0) is 30.3 Å². The fraction of sp³-hybridized carbons (Fsp3) is 0. The maximum absolute atomic E-state index is 13.6. The van der Waals surface area contributed by atoms with Crippen LogP contribution in [0.2, 0.25) is 5.02 Å². The van der Waals surface area contributed by atoms with Crippen molar-refractivity contribution >= 4 is 23.3 Å². The van der Waals surface area contributed by atoms with Gasteiger partial charge in [0.2, 0.25) is 0 Å². The average molecular weight is 345 g/mol. The number of amides is 1. The number of hydrogen-bond donors (Lipinski definition) is 1. The van der Waals surface area contributed by atoms with Gasteiger partial charge in [-0.2, -0.15) is 0 Å². The summed E-state index contributed by atoms with van der Waals surface area (Å²) in [6, 6.07) is 7.07. The molecule has 1 amide bonds. The number of rotatable bonds is 4. The van der Waals surface area contributed by atoms with Crippen molar-refractivity contribution in [1.82, 2.24) is 15.0 Å². The van der Waals surface area contributed by atoms with Crippen LogP contribution in [0, 0.1) is 5.82 Å². The lowest BCUT2D eigenvalue weighted by molar-refractivity contribution is 0.102. The second-order valence-electron chi connectivity index (χ2n) is 4.64. The number of pyridine rings is 1. The molecule has 0 atom stereocenters. The molecule has 0 fully saturated rings. The van der Waals surface area contributed by atoms with Gasteiger partial charge in [0.25, 0.3) is 5.91 Å². The van der Waals surface area contributed by atoms with Crippen molar-refractivity contribution in [1.29, 1.82) is 0 Å². The molecule has 0 saturated heterocycles. The number of hydrogen-bond acceptors (Lipinski definition) is 5. The monoisotopic (exact) mass is 344 g/mol. The van der Waals surface area contributed by atoms with Crippen molar-refractivity contribution in [3.8, 4) is 11.5 Å².